The van der Waals surface area contributed by atoms with Gasteiger partial charge in [-0.15, -0.1) is 0 Å². The first-order valence-electron chi connectivity index (χ1n) is 8.75. The van der Waals surface area contributed by atoms with Crippen LogP contribution in [0.25, 0.3) is 0 Å². The largest absolute Gasteiger partial charge is 0.417 e. The van der Waals surface area contributed by atoms with E-state index in [4.69, 9.17) is 22.1 Å². The summed E-state index contributed by atoms with van der Waals surface area (Å²) >= 11 is 5.84. The Hall–Kier alpha value is -2.65. The summed E-state index contributed by atoms with van der Waals surface area (Å²) in [6.07, 6.45) is -3.23. The lowest BCUT2D eigenvalue weighted by Crippen LogP contribution is -2.20. The van der Waals surface area contributed by atoms with Crippen molar-refractivity contribution < 1.29 is 22.7 Å². The standard InChI is InChI=1S/C19H16ClF3N4O2/c20-14-5-11(19(21,22)23)7-25-16(14)17(28)26-13-3-1-2-10(4-13)18-6-12(18)8-29-9-15(24)27-18/h1-5,7,12H,6,8-9H2,(H2,24,27)(H,26,28)/t12?,18-/m0/s1. The van der Waals surface area contributed by atoms with Crippen LogP contribution in [0.3, 0.4) is 0 Å². The molecule has 1 aliphatic heterocycles. The maximum absolute atomic E-state index is 12.7. The molecule has 0 radical (unpaired) electrons. The van der Waals surface area contributed by atoms with Gasteiger partial charge in [-0.25, -0.2) is 4.98 Å². The van der Waals surface area contributed by atoms with Gasteiger partial charge in [-0.05, 0) is 30.2 Å². The highest BCUT2D eigenvalue weighted by molar-refractivity contribution is 6.34. The molecule has 1 unspecified atom stereocenters. The minimum absolute atomic E-state index is 0.209. The van der Waals surface area contributed by atoms with E-state index in [-0.39, 0.29) is 23.2 Å². The lowest BCUT2D eigenvalue weighted by atomic mass is 10.0. The van der Waals surface area contributed by atoms with Crippen molar-refractivity contribution in [3.63, 3.8) is 0 Å². The highest BCUT2D eigenvalue weighted by atomic mass is 35.5. The smallest absolute Gasteiger partial charge is 0.386 e. The van der Waals surface area contributed by atoms with Crippen molar-refractivity contribution in [1.29, 1.82) is 0 Å². The van der Waals surface area contributed by atoms with E-state index in [1.807, 2.05) is 6.07 Å². The second-order valence-electron chi connectivity index (χ2n) is 7.03. The van der Waals surface area contributed by atoms with Crippen LogP contribution in [0.15, 0.2) is 41.5 Å². The number of fused-ring (bicyclic) bond motifs is 1. The summed E-state index contributed by atoms with van der Waals surface area (Å²) in [5.41, 5.74) is 5.42. The molecule has 10 heteroatoms. The van der Waals surface area contributed by atoms with E-state index in [2.05, 4.69) is 15.3 Å². The monoisotopic (exact) mass is 424 g/mol. The van der Waals surface area contributed by atoms with E-state index < -0.39 is 23.2 Å². The quantitative estimate of drug-likeness (QED) is 0.787. The predicted octanol–water partition coefficient (Wildman–Crippen LogP) is 3.61. The number of benzene rings is 1. The molecule has 1 aromatic carbocycles. The zero-order valence-corrected chi connectivity index (χ0v) is 15.7. The molecule has 6 nitrogen and oxygen atoms in total. The fourth-order valence-electron chi connectivity index (χ4n) is 3.48. The van der Waals surface area contributed by atoms with Crippen molar-refractivity contribution in [1.82, 2.24) is 4.98 Å². The Labute approximate surface area is 168 Å². The number of carbonyl (C=O) groups excluding carboxylic acids is 1. The van der Waals surface area contributed by atoms with E-state index in [9.17, 15) is 18.0 Å². The number of amidine groups is 1. The summed E-state index contributed by atoms with van der Waals surface area (Å²) < 4.78 is 43.7. The average Bonchev–Trinajstić information content (AvgIpc) is 3.36. The zero-order chi connectivity index (χ0) is 20.8. The molecule has 1 fully saturated rings. The Balaban J connectivity index is 1.56. The molecule has 0 saturated heterocycles. The molecule has 1 amide bonds. The lowest BCUT2D eigenvalue weighted by Gasteiger charge is -2.14. The number of nitrogens with zero attached hydrogens (tertiary/aromatic N) is 2. The molecule has 2 aliphatic rings. The number of anilines is 1. The van der Waals surface area contributed by atoms with E-state index in [0.717, 1.165) is 12.0 Å². The summed E-state index contributed by atoms with van der Waals surface area (Å²) in [5, 5.41) is 2.24. The van der Waals surface area contributed by atoms with Gasteiger partial charge in [0.2, 0.25) is 0 Å². The van der Waals surface area contributed by atoms with Crippen LogP contribution in [-0.2, 0) is 16.5 Å². The Morgan fingerprint density at radius 3 is 2.86 bits per heavy atom. The number of aliphatic imine (C=N–C) groups is 1. The topological polar surface area (TPSA) is 89.6 Å². The van der Waals surface area contributed by atoms with E-state index in [0.29, 0.717) is 30.4 Å². The Morgan fingerprint density at radius 1 is 1.34 bits per heavy atom. The first-order chi connectivity index (χ1) is 13.7. The van der Waals surface area contributed by atoms with Gasteiger partial charge in [0.25, 0.3) is 5.91 Å². The minimum atomic E-state index is -4.59. The SMILES string of the molecule is NC1=N[C@]2(c3cccc(NC(=O)c4ncc(C(F)(F)F)cc4Cl)c3)CC2COC1. The number of alkyl halides is 3. The Kier molecular flexibility index (Phi) is 4.74. The van der Waals surface area contributed by atoms with Crippen molar-refractivity contribution in [2.75, 3.05) is 18.5 Å². The molecule has 2 aromatic rings. The van der Waals surface area contributed by atoms with Crippen LogP contribution < -0.4 is 11.1 Å². The van der Waals surface area contributed by atoms with Crippen LogP contribution in [-0.4, -0.2) is 29.9 Å². The van der Waals surface area contributed by atoms with Crippen molar-refractivity contribution in [3.05, 3.63) is 58.4 Å². The van der Waals surface area contributed by atoms with Crippen LogP contribution in [0.2, 0.25) is 5.02 Å². The summed E-state index contributed by atoms with van der Waals surface area (Å²) in [5.74, 6) is -0.0846. The Morgan fingerprint density at radius 2 is 2.14 bits per heavy atom. The van der Waals surface area contributed by atoms with Gasteiger partial charge >= 0.3 is 6.18 Å². The Bertz CT molecular complexity index is 1010. The van der Waals surface area contributed by atoms with Crippen LogP contribution in [0.4, 0.5) is 18.9 Å². The highest BCUT2D eigenvalue weighted by Gasteiger charge is 2.56. The van der Waals surface area contributed by atoms with Gasteiger partial charge in [-0.3, -0.25) is 9.79 Å². The van der Waals surface area contributed by atoms with Crippen LogP contribution >= 0.6 is 11.6 Å². The first-order valence-corrected chi connectivity index (χ1v) is 9.13. The molecule has 1 aromatic heterocycles. The third-order valence-corrected chi connectivity index (χ3v) is 5.28. The number of carbonyl (C=O) groups is 1. The fourth-order valence-corrected chi connectivity index (χ4v) is 3.73. The van der Waals surface area contributed by atoms with Gasteiger partial charge in [-0.2, -0.15) is 13.2 Å². The average molecular weight is 425 g/mol. The molecular formula is C19H16ClF3N4O2. The minimum Gasteiger partial charge on any atom is -0.386 e. The molecule has 2 heterocycles. The van der Waals surface area contributed by atoms with Crippen LogP contribution in [0.5, 0.6) is 0 Å². The zero-order valence-electron chi connectivity index (χ0n) is 15.0. The molecule has 4 rings (SSSR count). The molecule has 1 aliphatic carbocycles. The van der Waals surface area contributed by atoms with Crippen molar-refractivity contribution in [3.8, 4) is 0 Å². The van der Waals surface area contributed by atoms with Gasteiger partial charge in [0.1, 0.15) is 18.1 Å². The van der Waals surface area contributed by atoms with Gasteiger partial charge in [0, 0.05) is 17.8 Å². The number of pyridine rings is 1. The van der Waals surface area contributed by atoms with Crippen LogP contribution in [0.1, 0.15) is 28.0 Å². The van der Waals surface area contributed by atoms with Crippen molar-refractivity contribution >= 4 is 29.0 Å². The number of halogens is 4. The molecule has 152 valence electrons. The number of ether oxygens (including phenoxy) is 1. The van der Waals surface area contributed by atoms with Crippen molar-refractivity contribution in [2.24, 2.45) is 16.6 Å². The second kappa shape index (κ2) is 7.00. The van der Waals surface area contributed by atoms with Gasteiger partial charge < -0.3 is 15.8 Å². The molecular weight excluding hydrogens is 409 g/mol. The molecule has 0 spiro atoms. The summed E-state index contributed by atoms with van der Waals surface area (Å²) in [6.45, 7) is 0.832. The van der Waals surface area contributed by atoms with E-state index in [1.54, 1.807) is 18.2 Å². The highest BCUT2D eigenvalue weighted by Crippen LogP contribution is 2.56. The number of aromatic nitrogens is 1. The maximum atomic E-state index is 12.7. The summed E-state index contributed by atoms with van der Waals surface area (Å²) in [4.78, 5) is 20.6. The maximum Gasteiger partial charge on any atom is 0.417 e. The normalized spacial score (nSPS) is 23.6. The predicted molar refractivity (Wildman–Crippen MR) is 101 cm³/mol. The van der Waals surface area contributed by atoms with Crippen LogP contribution in [0, 0.1) is 5.92 Å². The molecule has 1 saturated carbocycles. The molecule has 29 heavy (non-hydrogen) atoms. The van der Waals surface area contributed by atoms with Gasteiger partial charge in [0.15, 0.2) is 0 Å². The number of rotatable bonds is 3. The van der Waals surface area contributed by atoms with E-state index in [1.165, 1.54) is 0 Å². The number of amides is 1. The second-order valence-corrected chi connectivity index (χ2v) is 7.44. The fraction of sp³-hybridized carbons (Fsp3) is 0.316. The van der Waals surface area contributed by atoms with E-state index >= 15 is 0 Å². The number of nitrogens with one attached hydrogen (secondary N) is 1. The lowest BCUT2D eigenvalue weighted by molar-refractivity contribution is -0.137. The number of hydrogen-bond acceptors (Lipinski definition) is 5. The number of hydrogen-bond donors (Lipinski definition) is 2. The molecule has 0 bridgehead atoms. The molecule has 3 N–H and O–H groups in total. The molecule has 2 atom stereocenters. The van der Waals surface area contributed by atoms with Crippen molar-refractivity contribution in [2.45, 2.75) is 18.1 Å². The summed E-state index contributed by atoms with van der Waals surface area (Å²) in [7, 11) is 0. The third kappa shape index (κ3) is 3.79. The first kappa shape index (κ1) is 19.7. The van der Waals surface area contributed by atoms with Gasteiger partial charge in [0.05, 0.1) is 22.7 Å². The summed E-state index contributed by atoms with van der Waals surface area (Å²) in [6, 6.07) is 7.75. The third-order valence-electron chi connectivity index (χ3n) is 4.99. The number of nitrogens with two attached hydrogens (primary N) is 1. The van der Waals surface area contributed by atoms with Gasteiger partial charge in [-0.1, -0.05) is 23.7 Å².